The molecule has 2 heteroatoms. The third kappa shape index (κ3) is 2.46. The Morgan fingerprint density at radius 2 is 2.55 bits per heavy atom. The molecule has 1 rings (SSSR count). The van der Waals surface area contributed by atoms with Gasteiger partial charge in [-0.2, -0.15) is 0 Å². The zero-order chi connectivity index (χ0) is 8.10. The summed E-state index contributed by atoms with van der Waals surface area (Å²) in [4.78, 5) is 4.15. The van der Waals surface area contributed by atoms with Crippen LogP contribution in [0.25, 0.3) is 0 Å². The second-order valence-electron chi connectivity index (χ2n) is 2.42. The van der Waals surface area contributed by atoms with E-state index in [0.717, 1.165) is 30.8 Å². The number of nitrogens with zero attached hydrogens (tertiary/aromatic N) is 1. The Bertz CT molecular complexity index is 257. The van der Waals surface area contributed by atoms with Gasteiger partial charge in [-0.1, -0.05) is 0 Å². The number of terminal acetylenes is 1. The molecule has 0 saturated heterocycles. The molecule has 0 aliphatic rings. The molecule has 1 heterocycles. The Hall–Kier alpha value is -1.23. The number of rotatable bonds is 3. The van der Waals surface area contributed by atoms with Crippen molar-refractivity contribution < 1.29 is 4.42 Å². The summed E-state index contributed by atoms with van der Waals surface area (Å²) in [5.74, 6) is 3.31. The topological polar surface area (TPSA) is 26.0 Å². The van der Waals surface area contributed by atoms with Crippen LogP contribution in [0, 0.1) is 19.3 Å². The fourth-order valence-corrected chi connectivity index (χ4v) is 0.895. The van der Waals surface area contributed by atoms with Crippen LogP contribution in [-0.4, -0.2) is 4.98 Å². The number of unbranched alkanes of at least 4 members (excludes halogenated alkanes) is 1. The van der Waals surface area contributed by atoms with Crippen molar-refractivity contribution in [3.63, 3.8) is 0 Å². The molecular weight excluding hydrogens is 138 g/mol. The van der Waals surface area contributed by atoms with E-state index in [1.807, 2.05) is 6.92 Å². The Morgan fingerprint density at radius 1 is 1.73 bits per heavy atom. The van der Waals surface area contributed by atoms with Crippen LogP contribution in [0.2, 0.25) is 0 Å². The van der Waals surface area contributed by atoms with Crippen LogP contribution in [0.15, 0.2) is 10.7 Å². The van der Waals surface area contributed by atoms with Gasteiger partial charge in [0.2, 0.25) is 0 Å². The molecule has 58 valence electrons. The van der Waals surface area contributed by atoms with Crippen LogP contribution in [0.1, 0.15) is 24.4 Å². The quantitative estimate of drug-likeness (QED) is 0.485. The van der Waals surface area contributed by atoms with E-state index >= 15 is 0 Å². The summed E-state index contributed by atoms with van der Waals surface area (Å²) in [6.07, 6.45) is 9.51. The van der Waals surface area contributed by atoms with Crippen LogP contribution in [0.4, 0.5) is 0 Å². The minimum absolute atomic E-state index is 0.723. The molecule has 1 aromatic heterocycles. The average Bonchev–Trinajstić information content (AvgIpc) is 2.37. The van der Waals surface area contributed by atoms with Crippen LogP contribution >= 0.6 is 0 Å². The molecule has 0 atom stereocenters. The maximum absolute atomic E-state index is 5.10. The van der Waals surface area contributed by atoms with E-state index in [0.29, 0.717) is 0 Å². The van der Waals surface area contributed by atoms with Gasteiger partial charge >= 0.3 is 0 Å². The average molecular weight is 149 g/mol. The van der Waals surface area contributed by atoms with E-state index in [4.69, 9.17) is 10.8 Å². The highest BCUT2D eigenvalue weighted by Gasteiger charge is 1.97. The second-order valence-corrected chi connectivity index (χ2v) is 2.42. The molecule has 0 aromatic carbocycles. The first-order valence-corrected chi connectivity index (χ1v) is 3.67. The molecule has 0 amide bonds. The fourth-order valence-electron chi connectivity index (χ4n) is 0.895. The third-order valence-corrected chi connectivity index (χ3v) is 1.42. The first-order chi connectivity index (χ1) is 5.33. The highest BCUT2D eigenvalue weighted by Crippen LogP contribution is 2.04. The Balaban J connectivity index is 2.34. The molecule has 0 spiro atoms. The summed E-state index contributed by atoms with van der Waals surface area (Å²) >= 11 is 0. The van der Waals surface area contributed by atoms with Gasteiger partial charge < -0.3 is 4.42 Å². The largest absolute Gasteiger partial charge is 0.449 e. The Labute approximate surface area is 66.6 Å². The lowest BCUT2D eigenvalue weighted by Crippen LogP contribution is -1.84. The molecule has 0 fully saturated rings. The normalized spacial score (nSPS) is 9.45. The van der Waals surface area contributed by atoms with Crippen molar-refractivity contribution in [3.05, 3.63) is 17.8 Å². The molecule has 0 saturated carbocycles. The zero-order valence-electron chi connectivity index (χ0n) is 6.63. The predicted molar refractivity (Wildman–Crippen MR) is 43.0 cm³/mol. The summed E-state index contributed by atoms with van der Waals surface area (Å²) in [6, 6.07) is 0. The molecule has 0 radical (unpaired) electrons. The lowest BCUT2D eigenvalue weighted by atomic mass is 10.2. The molecule has 11 heavy (non-hydrogen) atoms. The van der Waals surface area contributed by atoms with E-state index in [-0.39, 0.29) is 0 Å². The van der Waals surface area contributed by atoms with Gasteiger partial charge in [0.25, 0.3) is 0 Å². The predicted octanol–water partition coefficient (Wildman–Crippen LogP) is 1.94. The van der Waals surface area contributed by atoms with Crippen molar-refractivity contribution >= 4 is 0 Å². The summed E-state index contributed by atoms with van der Waals surface area (Å²) in [5, 5.41) is 0. The summed E-state index contributed by atoms with van der Waals surface area (Å²) < 4.78 is 5.03. The maximum atomic E-state index is 5.10. The maximum Gasteiger partial charge on any atom is 0.191 e. The van der Waals surface area contributed by atoms with Crippen LogP contribution in [0.5, 0.6) is 0 Å². The number of hydrogen-bond acceptors (Lipinski definition) is 2. The van der Waals surface area contributed by atoms with E-state index in [1.54, 1.807) is 6.26 Å². The number of hydrogen-bond donors (Lipinski definition) is 0. The summed E-state index contributed by atoms with van der Waals surface area (Å²) in [5.41, 5.74) is 0.998. The van der Waals surface area contributed by atoms with Crippen molar-refractivity contribution in [3.8, 4) is 12.3 Å². The van der Waals surface area contributed by atoms with E-state index in [9.17, 15) is 0 Å². The van der Waals surface area contributed by atoms with Crippen molar-refractivity contribution in [2.45, 2.75) is 26.2 Å². The number of aromatic nitrogens is 1. The molecular formula is C9H11NO. The van der Waals surface area contributed by atoms with Crippen LogP contribution in [-0.2, 0) is 6.42 Å². The first kappa shape index (κ1) is 7.87. The summed E-state index contributed by atoms with van der Waals surface area (Å²) in [6.45, 7) is 1.84. The van der Waals surface area contributed by atoms with Crippen LogP contribution in [0.3, 0.4) is 0 Å². The van der Waals surface area contributed by atoms with Gasteiger partial charge in [-0.05, 0) is 12.8 Å². The Morgan fingerprint density at radius 3 is 3.09 bits per heavy atom. The highest BCUT2D eigenvalue weighted by atomic mass is 16.3. The molecule has 0 aliphatic carbocycles. The first-order valence-electron chi connectivity index (χ1n) is 3.67. The molecule has 1 aromatic rings. The molecule has 0 aliphatic heterocycles. The number of aryl methyl sites for hydroxylation is 2. The van der Waals surface area contributed by atoms with Gasteiger partial charge in [0, 0.05) is 13.3 Å². The minimum Gasteiger partial charge on any atom is -0.449 e. The van der Waals surface area contributed by atoms with Gasteiger partial charge in [0.15, 0.2) is 5.89 Å². The monoisotopic (exact) mass is 149 g/mol. The smallest absolute Gasteiger partial charge is 0.191 e. The standard InChI is InChI=1S/C9H11NO/c1-3-4-5-6-9-7-11-8(2)10-9/h1,7H,4-6H2,2H3. The lowest BCUT2D eigenvalue weighted by molar-refractivity contribution is 0.520. The second kappa shape index (κ2) is 3.82. The molecule has 0 N–H and O–H groups in total. The molecule has 0 bridgehead atoms. The Kier molecular flexibility index (Phi) is 2.74. The van der Waals surface area contributed by atoms with Crippen molar-refractivity contribution in [2.24, 2.45) is 0 Å². The number of oxazole rings is 1. The molecule has 0 unspecified atom stereocenters. The lowest BCUT2D eigenvalue weighted by Gasteiger charge is -1.88. The van der Waals surface area contributed by atoms with E-state index in [1.165, 1.54) is 0 Å². The van der Waals surface area contributed by atoms with Crippen LogP contribution < -0.4 is 0 Å². The van der Waals surface area contributed by atoms with E-state index < -0.39 is 0 Å². The minimum atomic E-state index is 0.723. The van der Waals surface area contributed by atoms with Gasteiger partial charge in [0.05, 0.1) is 5.69 Å². The third-order valence-electron chi connectivity index (χ3n) is 1.42. The fraction of sp³-hybridized carbons (Fsp3) is 0.444. The van der Waals surface area contributed by atoms with Gasteiger partial charge in [-0.15, -0.1) is 12.3 Å². The highest BCUT2D eigenvalue weighted by molar-refractivity contribution is 4.96. The van der Waals surface area contributed by atoms with E-state index in [2.05, 4.69) is 10.9 Å². The van der Waals surface area contributed by atoms with Gasteiger partial charge in [0.1, 0.15) is 6.26 Å². The molecule has 2 nitrogen and oxygen atoms in total. The van der Waals surface area contributed by atoms with Gasteiger partial charge in [-0.3, -0.25) is 0 Å². The van der Waals surface area contributed by atoms with Crippen molar-refractivity contribution in [1.82, 2.24) is 4.98 Å². The zero-order valence-corrected chi connectivity index (χ0v) is 6.63. The van der Waals surface area contributed by atoms with Crippen molar-refractivity contribution in [2.75, 3.05) is 0 Å². The van der Waals surface area contributed by atoms with Gasteiger partial charge in [-0.25, -0.2) is 4.98 Å². The van der Waals surface area contributed by atoms with Crippen molar-refractivity contribution in [1.29, 1.82) is 0 Å². The SMILES string of the molecule is C#CCCCc1coc(C)n1. The summed E-state index contributed by atoms with van der Waals surface area (Å²) in [7, 11) is 0.